The Balaban J connectivity index is 1.43. The lowest BCUT2D eigenvalue weighted by Gasteiger charge is -2.38. The van der Waals surface area contributed by atoms with E-state index in [4.69, 9.17) is 9.47 Å². The number of nitrogens with one attached hydrogen (secondary N) is 1. The number of para-hydroxylation sites is 2. The molecule has 0 fully saturated rings. The summed E-state index contributed by atoms with van der Waals surface area (Å²) >= 11 is 0. The van der Waals surface area contributed by atoms with E-state index in [0.717, 1.165) is 51.5 Å². The molecule has 0 radical (unpaired) electrons. The minimum absolute atomic E-state index is 0.337. The molecule has 0 saturated carbocycles. The first-order valence-electron chi connectivity index (χ1n) is 13.5. The van der Waals surface area contributed by atoms with Gasteiger partial charge in [0.2, 0.25) is 0 Å². The standard InChI is InChI=1S/C35H28N2O3/c1-3-37(25-14-8-5-9-15-25)26-18-19-29-33(21-26)39-32-20-23(2)31(36-24-12-6-4-7-13-24)22-30(32)35(29)28-17-11-10-16-27(28)34(38)40-35/h4-22,36H,3H2,1-2H3. The molecule has 5 nitrogen and oxygen atoms in total. The van der Waals surface area contributed by atoms with E-state index in [1.165, 1.54) is 0 Å². The highest BCUT2D eigenvalue weighted by Gasteiger charge is 2.53. The molecule has 40 heavy (non-hydrogen) atoms. The molecule has 2 aliphatic rings. The second-order valence-electron chi connectivity index (χ2n) is 10.1. The second kappa shape index (κ2) is 9.31. The minimum atomic E-state index is -1.13. The predicted molar refractivity (Wildman–Crippen MR) is 158 cm³/mol. The van der Waals surface area contributed by atoms with Gasteiger partial charge in [-0.05, 0) is 74.0 Å². The fourth-order valence-corrected chi connectivity index (χ4v) is 5.91. The summed E-state index contributed by atoms with van der Waals surface area (Å²) in [7, 11) is 0. The average Bonchev–Trinajstić information content (AvgIpc) is 3.28. The monoisotopic (exact) mass is 524 g/mol. The first kappa shape index (κ1) is 24.0. The summed E-state index contributed by atoms with van der Waals surface area (Å²) in [5, 5.41) is 3.53. The normalized spacial score (nSPS) is 16.4. The summed E-state index contributed by atoms with van der Waals surface area (Å²) in [6.45, 7) is 4.97. The van der Waals surface area contributed by atoms with E-state index < -0.39 is 5.60 Å². The molecule has 0 saturated heterocycles. The molecule has 0 amide bonds. The lowest BCUT2D eigenvalue weighted by atomic mass is 9.77. The lowest BCUT2D eigenvalue weighted by molar-refractivity contribution is 0.0224. The SMILES string of the molecule is CCN(c1ccccc1)c1ccc2c(c1)Oc1cc(C)c(Nc3ccccc3)cc1C21OC(=O)c2ccccc21. The molecular weight excluding hydrogens is 496 g/mol. The molecule has 2 aliphatic heterocycles. The number of aryl methyl sites for hydroxylation is 1. The Bertz CT molecular complexity index is 1750. The quantitative estimate of drug-likeness (QED) is 0.234. The zero-order valence-corrected chi connectivity index (χ0v) is 22.3. The number of anilines is 4. The molecule has 196 valence electrons. The highest BCUT2D eigenvalue weighted by Crippen LogP contribution is 2.57. The number of carbonyl (C=O) groups excluding carboxylic acids is 1. The molecule has 0 aromatic heterocycles. The number of benzene rings is 5. The molecule has 1 atom stereocenters. The number of rotatable bonds is 5. The summed E-state index contributed by atoms with van der Waals surface area (Å²) in [6, 6.07) is 38.2. The van der Waals surface area contributed by atoms with E-state index in [1.54, 1.807) is 0 Å². The van der Waals surface area contributed by atoms with Crippen LogP contribution in [0.5, 0.6) is 11.5 Å². The molecule has 5 aromatic carbocycles. The van der Waals surface area contributed by atoms with E-state index in [-0.39, 0.29) is 5.97 Å². The second-order valence-corrected chi connectivity index (χ2v) is 10.1. The highest BCUT2D eigenvalue weighted by atomic mass is 16.6. The Morgan fingerprint density at radius 1 is 0.725 bits per heavy atom. The van der Waals surface area contributed by atoms with Gasteiger partial charge in [-0.15, -0.1) is 0 Å². The van der Waals surface area contributed by atoms with Gasteiger partial charge >= 0.3 is 5.97 Å². The van der Waals surface area contributed by atoms with Gasteiger partial charge in [0.05, 0.1) is 5.56 Å². The number of carbonyl (C=O) groups is 1. The van der Waals surface area contributed by atoms with Crippen molar-refractivity contribution >= 4 is 28.7 Å². The van der Waals surface area contributed by atoms with Crippen LogP contribution >= 0.6 is 0 Å². The van der Waals surface area contributed by atoms with Crippen LogP contribution in [0.3, 0.4) is 0 Å². The Kier molecular flexibility index (Phi) is 5.60. The number of hydrogen-bond donors (Lipinski definition) is 1. The lowest BCUT2D eigenvalue weighted by Crippen LogP contribution is -2.33. The van der Waals surface area contributed by atoms with Gasteiger partial charge in [-0.25, -0.2) is 4.79 Å². The van der Waals surface area contributed by atoms with Crippen LogP contribution in [0.4, 0.5) is 22.7 Å². The van der Waals surface area contributed by atoms with E-state index in [0.29, 0.717) is 17.1 Å². The molecule has 5 heteroatoms. The van der Waals surface area contributed by atoms with Crippen molar-refractivity contribution in [3.05, 3.63) is 143 Å². The number of hydrogen-bond acceptors (Lipinski definition) is 5. The Hall–Kier alpha value is -5.03. The van der Waals surface area contributed by atoms with Crippen molar-refractivity contribution in [3.63, 3.8) is 0 Å². The average molecular weight is 525 g/mol. The van der Waals surface area contributed by atoms with Crippen LogP contribution < -0.4 is 15.0 Å². The number of fused-ring (bicyclic) bond motifs is 6. The van der Waals surface area contributed by atoms with Crippen molar-refractivity contribution in [2.24, 2.45) is 0 Å². The summed E-state index contributed by atoms with van der Waals surface area (Å²) in [5.41, 5.74) is 6.90. The van der Waals surface area contributed by atoms with Gasteiger partial charge in [0.15, 0.2) is 5.60 Å². The molecule has 5 aromatic rings. The molecule has 1 unspecified atom stereocenters. The van der Waals surface area contributed by atoms with Gasteiger partial charge in [0.1, 0.15) is 11.5 Å². The smallest absolute Gasteiger partial charge is 0.340 e. The fraction of sp³-hybridized carbons (Fsp3) is 0.114. The van der Waals surface area contributed by atoms with E-state index in [1.807, 2.05) is 84.9 Å². The highest BCUT2D eigenvalue weighted by molar-refractivity contribution is 5.97. The third-order valence-corrected chi connectivity index (χ3v) is 7.79. The van der Waals surface area contributed by atoms with Crippen molar-refractivity contribution in [2.75, 3.05) is 16.8 Å². The first-order chi connectivity index (χ1) is 19.6. The van der Waals surface area contributed by atoms with Crippen molar-refractivity contribution in [2.45, 2.75) is 19.4 Å². The Morgan fingerprint density at radius 2 is 1.43 bits per heavy atom. The number of nitrogens with zero attached hydrogens (tertiary/aromatic N) is 1. The molecule has 0 aliphatic carbocycles. The maximum atomic E-state index is 13.3. The van der Waals surface area contributed by atoms with Crippen LogP contribution in [0.25, 0.3) is 0 Å². The van der Waals surface area contributed by atoms with Gasteiger partial charge in [0, 0.05) is 52.1 Å². The van der Waals surface area contributed by atoms with Crippen LogP contribution in [-0.4, -0.2) is 12.5 Å². The number of ether oxygens (including phenoxy) is 2. The summed E-state index contributed by atoms with van der Waals surface area (Å²) in [4.78, 5) is 15.6. The largest absolute Gasteiger partial charge is 0.456 e. The first-order valence-corrected chi connectivity index (χ1v) is 13.5. The van der Waals surface area contributed by atoms with Crippen LogP contribution in [-0.2, 0) is 10.3 Å². The molecule has 2 heterocycles. The number of esters is 1. The maximum Gasteiger partial charge on any atom is 0.340 e. The maximum absolute atomic E-state index is 13.3. The Labute approximate surface area is 233 Å². The zero-order chi connectivity index (χ0) is 27.3. The fourth-order valence-electron chi connectivity index (χ4n) is 5.91. The van der Waals surface area contributed by atoms with Gasteiger partial charge in [-0.1, -0.05) is 54.6 Å². The van der Waals surface area contributed by atoms with Gasteiger partial charge < -0.3 is 19.7 Å². The summed E-state index contributed by atoms with van der Waals surface area (Å²) in [5.74, 6) is 1.01. The molecule has 1 N–H and O–H groups in total. The summed E-state index contributed by atoms with van der Waals surface area (Å²) < 4.78 is 13.0. The van der Waals surface area contributed by atoms with Crippen molar-refractivity contribution in [1.82, 2.24) is 0 Å². The van der Waals surface area contributed by atoms with Crippen molar-refractivity contribution < 1.29 is 14.3 Å². The van der Waals surface area contributed by atoms with Gasteiger partial charge in [-0.3, -0.25) is 0 Å². The van der Waals surface area contributed by atoms with Crippen molar-refractivity contribution in [1.29, 1.82) is 0 Å². The molecule has 0 bridgehead atoms. The van der Waals surface area contributed by atoms with E-state index in [9.17, 15) is 4.79 Å². The predicted octanol–water partition coefficient (Wildman–Crippen LogP) is 8.46. The third kappa shape index (κ3) is 3.66. The molecule has 7 rings (SSSR count). The molecular formula is C35H28N2O3. The third-order valence-electron chi connectivity index (χ3n) is 7.79. The Morgan fingerprint density at radius 3 is 2.20 bits per heavy atom. The zero-order valence-electron chi connectivity index (χ0n) is 22.3. The van der Waals surface area contributed by atoms with Gasteiger partial charge in [0.25, 0.3) is 0 Å². The summed E-state index contributed by atoms with van der Waals surface area (Å²) in [6.07, 6.45) is 0. The van der Waals surface area contributed by atoms with Crippen LogP contribution in [0.2, 0.25) is 0 Å². The van der Waals surface area contributed by atoms with E-state index in [2.05, 4.69) is 54.4 Å². The van der Waals surface area contributed by atoms with Gasteiger partial charge in [-0.2, -0.15) is 0 Å². The molecule has 1 spiro atoms. The van der Waals surface area contributed by atoms with Crippen LogP contribution in [0, 0.1) is 6.92 Å². The van der Waals surface area contributed by atoms with Crippen LogP contribution in [0.15, 0.2) is 115 Å². The topological polar surface area (TPSA) is 50.8 Å². The van der Waals surface area contributed by atoms with Crippen LogP contribution in [0.1, 0.15) is 39.5 Å². The minimum Gasteiger partial charge on any atom is -0.456 e. The van der Waals surface area contributed by atoms with Crippen molar-refractivity contribution in [3.8, 4) is 11.5 Å². The van der Waals surface area contributed by atoms with E-state index >= 15 is 0 Å².